The van der Waals surface area contributed by atoms with Crippen molar-refractivity contribution >= 4 is 74.6 Å². The lowest BCUT2D eigenvalue weighted by molar-refractivity contribution is 0.667. The second-order valence-electron chi connectivity index (χ2n) is 16.0. The molecule has 12 rings (SSSR count). The van der Waals surface area contributed by atoms with Crippen molar-refractivity contribution in [3.63, 3.8) is 0 Å². The quantitative estimate of drug-likeness (QED) is 0.159. The van der Waals surface area contributed by atoms with Crippen LogP contribution >= 0.6 is 11.3 Å². The first-order valence-corrected chi connectivity index (χ1v) is 20.4. The fraction of sp³-hybridized carbons (Fsp3) is 0.0545. The molecule has 262 valence electrons. The van der Waals surface area contributed by atoms with Gasteiger partial charge in [0, 0.05) is 25.6 Å². The Morgan fingerprint density at radius 3 is 1.66 bits per heavy atom. The third kappa shape index (κ3) is 4.47. The fourth-order valence-corrected chi connectivity index (χ4v) is 11.3. The van der Waals surface area contributed by atoms with Crippen LogP contribution in [0.15, 0.2) is 182 Å². The van der Waals surface area contributed by atoms with E-state index in [0.29, 0.717) is 0 Å². The van der Waals surface area contributed by atoms with Crippen LogP contribution in [0.2, 0.25) is 0 Å². The molecule has 1 heterocycles. The maximum atomic E-state index is 2.48. The zero-order chi connectivity index (χ0) is 37.1. The Hall–Kier alpha value is -6.54. The van der Waals surface area contributed by atoms with Gasteiger partial charge in [0.15, 0.2) is 0 Å². The fourth-order valence-electron chi connectivity index (χ4n) is 10.0. The molecular formula is C55H36S. The van der Waals surface area contributed by atoms with Gasteiger partial charge in [0.2, 0.25) is 0 Å². The van der Waals surface area contributed by atoms with Gasteiger partial charge >= 0.3 is 0 Å². The average Bonchev–Trinajstić information content (AvgIpc) is 3.74. The van der Waals surface area contributed by atoms with Gasteiger partial charge in [-0.25, -0.2) is 0 Å². The molecule has 1 heteroatoms. The summed E-state index contributed by atoms with van der Waals surface area (Å²) in [6.45, 7) is 4.86. The minimum Gasteiger partial charge on any atom is -0.135 e. The summed E-state index contributed by atoms with van der Waals surface area (Å²) in [5, 5.41) is 13.1. The highest BCUT2D eigenvalue weighted by atomic mass is 32.1. The number of hydrogen-bond donors (Lipinski definition) is 0. The maximum Gasteiger partial charge on any atom is 0.0433 e. The number of fused-ring (bicyclic) bond motifs is 12. The van der Waals surface area contributed by atoms with Crippen LogP contribution < -0.4 is 0 Å². The van der Waals surface area contributed by atoms with Crippen molar-refractivity contribution in [2.75, 3.05) is 0 Å². The molecule has 0 N–H and O–H groups in total. The number of benzene rings is 10. The van der Waals surface area contributed by atoms with Gasteiger partial charge in [-0.15, -0.1) is 11.3 Å². The molecule has 0 amide bonds. The molecule has 56 heavy (non-hydrogen) atoms. The van der Waals surface area contributed by atoms with Crippen LogP contribution in [0, 0.1) is 0 Å². The Balaban J connectivity index is 1.01. The van der Waals surface area contributed by atoms with E-state index < -0.39 is 0 Å². The van der Waals surface area contributed by atoms with Gasteiger partial charge < -0.3 is 0 Å². The molecule has 1 aromatic heterocycles. The molecule has 0 aliphatic heterocycles. The highest BCUT2D eigenvalue weighted by Gasteiger charge is 2.38. The SMILES string of the molecule is CC1(C)c2cc(-c3cccc(-c4c5ccccc5c(-c5ccc6ccccc6c5)c5ccccc45)c3)ccc2-c2ccc3sc4c5ccccc5ccc4c3c21. The lowest BCUT2D eigenvalue weighted by Gasteiger charge is -2.23. The van der Waals surface area contributed by atoms with Gasteiger partial charge in [0.1, 0.15) is 0 Å². The van der Waals surface area contributed by atoms with E-state index in [2.05, 4.69) is 196 Å². The maximum absolute atomic E-state index is 2.48. The summed E-state index contributed by atoms with van der Waals surface area (Å²) in [5.41, 5.74) is 13.0. The monoisotopic (exact) mass is 728 g/mol. The predicted molar refractivity (Wildman–Crippen MR) is 243 cm³/mol. The van der Waals surface area contributed by atoms with Gasteiger partial charge in [-0.2, -0.15) is 0 Å². The van der Waals surface area contributed by atoms with Gasteiger partial charge in [-0.3, -0.25) is 0 Å². The van der Waals surface area contributed by atoms with E-state index in [-0.39, 0.29) is 5.41 Å². The summed E-state index contributed by atoms with van der Waals surface area (Å²) in [6, 6.07) is 68.1. The van der Waals surface area contributed by atoms with E-state index in [4.69, 9.17) is 0 Å². The first-order chi connectivity index (χ1) is 27.5. The Morgan fingerprint density at radius 1 is 0.375 bits per heavy atom. The van der Waals surface area contributed by atoms with E-state index in [1.807, 2.05) is 11.3 Å². The van der Waals surface area contributed by atoms with Crippen molar-refractivity contribution in [3.05, 3.63) is 193 Å². The molecule has 0 unspecified atom stereocenters. The summed E-state index contributed by atoms with van der Waals surface area (Å²) < 4.78 is 2.76. The molecule has 0 nitrogen and oxygen atoms in total. The largest absolute Gasteiger partial charge is 0.135 e. The molecule has 10 aromatic carbocycles. The smallest absolute Gasteiger partial charge is 0.0433 e. The standard InChI is InChI=1S/C55H36S/c1-55(2)48-32-37(25-26-41(48)46-28-29-49-52(53(46)55)47-27-24-34-13-5-6-17-40(34)54(47)56-49)36-15-11-16-38(31-36)50-42-18-7-9-20-44(42)51(45-21-10-8-19-43(45)50)39-23-22-33-12-3-4-14-35(33)30-39/h3-32H,1-2H3. The van der Waals surface area contributed by atoms with Crippen LogP contribution in [-0.4, -0.2) is 0 Å². The van der Waals surface area contributed by atoms with Crippen LogP contribution in [-0.2, 0) is 5.41 Å². The van der Waals surface area contributed by atoms with E-state index in [1.54, 1.807) is 0 Å². The van der Waals surface area contributed by atoms with Crippen molar-refractivity contribution in [1.29, 1.82) is 0 Å². The average molecular weight is 729 g/mol. The summed E-state index contributed by atoms with van der Waals surface area (Å²) in [7, 11) is 0. The number of thiophene rings is 1. The molecule has 11 aromatic rings. The highest BCUT2D eigenvalue weighted by Crippen LogP contribution is 2.55. The molecule has 0 atom stereocenters. The van der Waals surface area contributed by atoms with Crippen molar-refractivity contribution in [3.8, 4) is 44.5 Å². The van der Waals surface area contributed by atoms with Crippen molar-refractivity contribution in [2.24, 2.45) is 0 Å². The zero-order valence-electron chi connectivity index (χ0n) is 31.2. The van der Waals surface area contributed by atoms with Crippen LogP contribution in [0.1, 0.15) is 25.0 Å². The molecular weight excluding hydrogens is 693 g/mol. The van der Waals surface area contributed by atoms with Crippen LogP contribution in [0.5, 0.6) is 0 Å². The van der Waals surface area contributed by atoms with E-state index in [1.165, 1.54) is 119 Å². The highest BCUT2D eigenvalue weighted by molar-refractivity contribution is 7.26. The summed E-state index contributed by atoms with van der Waals surface area (Å²) in [4.78, 5) is 0. The first kappa shape index (κ1) is 31.8. The lowest BCUT2D eigenvalue weighted by Crippen LogP contribution is -2.15. The third-order valence-corrected chi connectivity index (χ3v) is 13.8. The molecule has 0 saturated carbocycles. The molecule has 0 spiro atoms. The van der Waals surface area contributed by atoms with Crippen LogP contribution in [0.4, 0.5) is 0 Å². The minimum absolute atomic E-state index is 0.150. The molecule has 0 saturated heterocycles. The number of rotatable bonds is 3. The van der Waals surface area contributed by atoms with Gasteiger partial charge in [-0.05, 0) is 123 Å². The predicted octanol–water partition coefficient (Wildman–Crippen LogP) is 16.0. The topological polar surface area (TPSA) is 0 Å². The molecule has 1 aliphatic carbocycles. The lowest BCUT2D eigenvalue weighted by atomic mass is 9.79. The van der Waals surface area contributed by atoms with Gasteiger partial charge in [0.25, 0.3) is 0 Å². The molecule has 0 radical (unpaired) electrons. The Morgan fingerprint density at radius 2 is 0.929 bits per heavy atom. The van der Waals surface area contributed by atoms with Crippen molar-refractivity contribution in [1.82, 2.24) is 0 Å². The van der Waals surface area contributed by atoms with E-state index in [0.717, 1.165) is 0 Å². The van der Waals surface area contributed by atoms with E-state index in [9.17, 15) is 0 Å². The van der Waals surface area contributed by atoms with E-state index >= 15 is 0 Å². The summed E-state index contributed by atoms with van der Waals surface area (Å²) in [6.07, 6.45) is 0. The Bertz CT molecular complexity index is 3390. The minimum atomic E-state index is -0.150. The number of hydrogen-bond acceptors (Lipinski definition) is 1. The first-order valence-electron chi connectivity index (χ1n) is 19.6. The third-order valence-electron chi connectivity index (χ3n) is 12.6. The van der Waals surface area contributed by atoms with Gasteiger partial charge in [-0.1, -0.05) is 172 Å². The normalized spacial score (nSPS) is 13.3. The summed E-state index contributed by atoms with van der Waals surface area (Å²) >= 11 is 1.94. The van der Waals surface area contributed by atoms with Crippen LogP contribution in [0.25, 0.3) is 108 Å². The Labute approximate surface area is 329 Å². The molecule has 0 fully saturated rings. The molecule has 0 bridgehead atoms. The molecule has 1 aliphatic rings. The van der Waals surface area contributed by atoms with Gasteiger partial charge in [0.05, 0.1) is 0 Å². The van der Waals surface area contributed by atoms with Crippen molar-refractivity contribution in [2.45, 2.75) is 19.3 Å². The Kier molecular flexibility index (Phi) is 6.66. The van der Waals surface area contributed by atoms with Crippen LogP contribution in [0.3, 0.4) is 0 Å². The van der Waals surface area contributed by atoms with Crippen molar-refractivity contribution < 1.29 is 0 Å². The summed E-state index contributed by atoms with van der Waals surface area (Å²) in [5.74, 6) is 0. The zero-order valence-corrected chi connectivity index (χ0v) is 32.0. The second-order valence-corrected chi connectivity index (χ2v) is 17.0. The second kappa shape index (κ2) is 11.7.